The first kappa shape index (κ1) is 16.4. The summed E-state index contributed by atoms with van der Waals surface area (Å²) in [5.41, 5.74) is 2.52. The van der Waals surface area contributed by atoms with Gasteiger partial charge in [-0.15, -0.1) is 0 Å². The molecule has 1 saturated heterocycles. The summed E-state index contributed by atoms with van der Waals surface area (Å²) in [6.07, 6.45) is 1.60. The topological polar surface area (TPSA) is 70.7 Å². The van der Waals surface area contributed by atoms with Gasteiger partial charge in [-0.05, 0) is 49.2 Å². The maximum Gasteiger partial charge on any atom is 0.266 e. The predicted octanol–water partition coefficient (Wildman–Crippen LogP) is 3.02. The van der Waals surface area contributed by atoms with Gasteiger partial charge >= 0.3 is 0 Å². The molecule has 26 heavy (non-hydrogen) atoms. The molecule has 2 amide bonds. The van der Waals surface area contributed by atoms with Crippen LogP contribution in [0.15, 0.2) is 48.5 Å². The van der Waals surface area contributed by atoms with Crippen LogP contribution in [0.25, 0.3) is 0 Å². The Hall–Kier alpha value is -3.02. The van der Waals surface area contributed by atoms with Crippen LogP contribution in [0.2, 0.25) is 0 Å². The number of fused-ring (bicyclic) bond motifs is 1. The van der Waals surface area contributed by atoms with E-state index >= 15 is 0 Å². The van der Waals surface area contributed by atoms with Gasteiger partial charge in [0.2, 0.25) is 5.91 Å². The number of amides is 2. The van der Waals surface area contributed by atoms with Crippen LogP contribution in [-0.4, -0.2) is 31.0 Å². The second-order valence-corrected chi connectivity index (χ2v) is 6.59. The van der Waals surface area contributed by atoms with Crippen molar-refractivity contribution in [3.63, 3.8) is 0 Å². The lowest BCUT2D eigenvalue weighted by atomic mass is 10.1. The number of rotatable bonds is 4. The fraction of sp³-hybridized carbons (Fsp3) is 0.300. The lowest BCUT2D eigenvalue weighted by molar-refractivity contribution is -0.128. The van der Waals surface area contributed by atoms with Crippen LogP contribution in [0.1, 0.15) is 19.3 Å². The minimum Gasteiger partial charge on any atom is -0.478 e. The quantitative estimate of drug-likeness (QED) is 0.888. The van der Waals surface area contributed by atoms with Gasteiger partial charge in [-0.3, -0.25) is 9.59 Å². The van der Waals surface area contributed by atoms with Crippen LogP contribution in [-0.2, 0) is 9.59 Å². The second kappa shape index (κ2) is 7.07. The zero-order valence-electron chi connectivity index (χ0n) is 14.4. The fourth-order valence-corrected chi connectivity index (χ4v) is 3.34. The molecule has 2 N–H and O–H groups in total. The lowest BCUT2D eigenvalue weighted by Crippen LogP contribution is -2.39. The van der Waals surface area contributed by atoms with E-state index in [2.05, 4.69) is 15.5 Å². The largest absolute Gasteiger partial charge is 0.478 e. The van der Waals surface area contributed by atoms with Gasteiger partial charge in [-0.1, -0.05) is 12.1 Å². The van der Waals surface area contributed by atoms with Gasteiger partial charge in [-0.25, -0.2) is 0 Å². The second-order valence-electron chi connectivity index (χ2n) is 6.59. The van der Waals surface area contributed by atoms with Crippen molar-refractivity contribution < 1.29 is 14.3 Å². The Morgan fingerprint density at radius 2 is 1.85 bits per heavy atom. The first-order valence-corrected chi connectivity index (χ1v) is 8.90. The van der Waals surface area contributed by atoms with E-state index in [1.807, 2.05) is 36.4 Å². The van der Waals surface area contributed by atoms with Crippen LogP contribution in [0.3, 0.4) is 0 Å². The summed E-state index contributed by atoms with van der Waals surface area (Å²) in [6.45, 7) is 2.17. The summed E-state index contributed by atoms with van der Waals surface area (Å²) in [5, 5.41) is 5.60. The normalized spacial score (nSPS) is 18.7. The molecule has 2 aliphatic heterocycles. The van der Waals surface area contributed by atoms with Crippen molar-refractivity contribution in [2.45, 2.75) is 25.4 Å². The number of benzene rings is 2. The maximum atomic E-state index is 12.3. The number of ether oxygens (including phenoxy) is 1. The van der Waals surface area contributed by atoms with E-state index < -0.39 is 6.10 Å². The third-order valence-corrected chi connectivity index (χ3v) is 4.70. The molecule has 2 heterocycles. The van der Waals surface area contributed by atoms with Gasteiger partial charge in [0, 0.05) is 24.5 Å². The predicted molar refractivity (Wildman–Crippen MR) is 101 cm³/mol. The molecule has 2 aromatic rings. The Kier molecular flexibility index (Phi) is 4.48. The third kappa shape index (κ3) is 3.49. The molecule has 0 aliphatic carbocycles. The zero-order valence-corrected chi connectivity index (χ0v) is 14.4. The van der Waals surface area contributed by atoms with E-state index in [1.165, 1.54) is 18.5 Å². The maximum absolute atomic E-state index is 12.3. The first-order valence-electron chi connectivity index (χ1n) is 8.90. The van der Waals surface area contributed by atoms with E-state index in [4.69, 9.17) is 4.74 Å². The molecular weight excluding hydrogens is 330 g/mol. The minimum atomic E-state index is -0.825. The van der Waals surface area contributed by atoms with E-state index in [9.17, 15) is 9.59 Å². The standard InChI is InChI=1S/C20H21N3O3/c24-19(13-18-20(25)22-16-5-1-2-6-17(16)26-18)21-14-7-9-15(10-8-14)23-11-3-4-12-23/h1-2,5-10,18H,3-4,11-13H2,(H,21,24)(H,22,25). The average molecular weight is 351 g/mol. The van der Waals surface area contributed by atoms with E-state index in [0.29, 0.717) is 11.4 Å². The smallest absolute Gasteiger partial charge is 0.266 e. The highest BCUT2D eigenvalue weighted by Gasteiger charge is 2.29. The van der Waals surface area contributed by atoms with Gasteiger partial charge in [0.1, 0.15) is 5.75 Å². The molecule has 0 aromatic heterocycles. The Bertz CT molecular complexity index is 813. The summed E-state index contributed by atoms with van der Waals surface area (Å²) in [6, 6.07) is 15.0. The molecule has 6 nitrogen and oxygen atoms in total. The zero-order chi connectivity index (χ0) is 17.9. The number of carbonyl (C=O) groups is 2. The van der Waals surface area contributed by atoms with Gasteiger partial charge < -0.3 is 20.3 Å². The Balaban J connectivity index is 1.36. The molecule has 0 saturated carbocycles. The van der Waals surface area contributed by atoms with E-state index in [-0.39, 0.29) is 18.2 Å². The molecule has 0 radical (unpaired) electrons. The number of nitrogens with one attached hydrogen (secondary N) is 2. The van der Waals surface area contributed by atoms with Crippen molar-refractivity contribution in [3.8, 4) is 5.75 Å². The number of para-hydroxylation sites is 2. The van der Waals surface area contributed by atoms with Crippen molar-refractivity contribution in [1.82, 2.24) is 0 Å². The van der Waals surface area contributed by atoms with Gasteiger partial charge in [0.15, 0.2) is 6.10 Å². The molecule has 1 fully saturated rings. The number of hydrogen-bond donors (Lipinski definition) is 2. The van der Waals surface area contributed by atoms with Crippen LogP contribution in [0, 0.1) is 0 Å². The summed E-state index contributed by atoms with van der Waals surface area (Å²) in [4.78, 5) is 26.7. The minimum absolute atomic E-state index is 0.0337. The van der Waals surface area contributed by atoms with Crippen LogP contribution >= 0.6 is 0 Å². The molecule has 134 valence electrons. The molecule has 6 heteroatoms. The van der Waals surface area contributed by atoms with Crippen LogP contribution < -0.4 is 20.3 Å². The van der Waals surface area contributed by atoms with E-state index in [0.717, 1.165) is 18.8 Å². The summed E-state index contributed by atoms with van der Waals surface area (Å²) >= 11 is 0. The van der Waals surface area contributed by atoms with Crippen molar-refractivity contribution in [2.24, 2.45) is 0 Å². The first-order chi connectivity index (χ1) is 12.7. The Morgan fingerprint density at radius 1 is 1.12 bits per heavy atom. The number of carbonyl (C=O) groups excluding carboxylic acids is 2. The Labute approximate surface area is 152 Å². The molecule has 1 unspecified atom stereocenters. The third-order valence-electron chi connectivity index (χ3n) is 4.70. The number of nitrogens with zero attached hydrogens (tertiary/aromatic N) is 1. The Morgan fingerprint density at radius 3 is 2.62 bits per heavy atom. The molecule has 2 aromatic carbocycles. The van der Waals surface area contributed by atoms with Gasteiger partial charge in [-0.2, -0.15) is 0 Å². The highest BCUT2D eigenvalue weighted by Crippen LogP contribution is 2.29. The van der Waals surface area contributed by atoms with E-state index in [1.54, 1.807) is 12.1 Å². The highest BCUT2D eigenvalue weighted by molar-refractivity contribution is 6.02. The molecule has 0 spiro atoms. The van der Waals surface area contributed by atoms with Crippen molar-refractivity contribution in [1.29, 1.82) is 0 Å². The molecule has 2 aliphatic rings. The fourth-order valence-electron chi connectivity index (χ4n) is 3.34. The van der Waals surface area contributed by atoms with Crippen molar-refractivity contribution in [2.75, 3.05) is 28.6 Å². The average Bonchev–Trinajstić information content (AvgIpc) is 3.17. The monoisotopic (exact) mass is 351 g/mol. The molecular formula is C20H21N3O3. The number of anilines is 3. The van der Waals surface area contributed by atoms with Crippen molar-refractivity contribution >= 4 is 28.9 Å². The summed E-state index contributed by atoms with van der Waals surface area (Å²) in [7, 11) is 0. The van der Waals surface area contributed by atoms with Gasteiger partial charge in [0.05, 0.1) is 12.1 Å². The molecule has 4 rings (SSSR count). The van der Waals surface area contributed by atoms with Gasteiger partial charge in [0.25, 0.3) is 5.91 Å². The molecule has 1 atom stereocenters. The van der Waals surface area contributed by atoms with Crippen molar-refractivity contribution in [3.05, 3.63) is 48.5 Å². The highest BCUT2D eigenvalue weighted by atomic mass is 16.5. The SMILES string of the molecule is O=C(CC1Oc2ccccc2NC1=O)Nc1ccc(N2CCCC2)cc1. The number of hydrogen-bond acceptors (Lipinski definition) is 4. The summed E-state index contributed by atoms with van der Waals surface area (Å²) in [5.74, 6) is 0.0292. The summed E-state index contributed by atoms with van der Waals surface area (Å²) < 4.78 is 5.66. The molecule has 0 bridgehead atoms. The lowest BCUT2D eigenvalue weighted by Gasteiger charge is -2.25. The van der Waals surface area contributed by atoms with Crippen LogP contribution in [0.5, 0.6) is 5.75 Å². The van der Waals surface area contributed by atoms with Crippen LogP contribution in [0.4, 0.5) is 17.1 Å².